The van der Waals surface area contributed by atoms with Crippen molar-refractivity contribution in [3.63, 3.8) is 0 Å². The number of hydrogen-bond acceptors (Lipinski definition) is 4. The molecule has 0 radical (unpaired) electrons. The van der Waals surface area contributed by atoms with E-state index in [1.54, 1.807) is 0 Å². The van der Waals surface area contributed by atoms with Gasteiger partial charge in [0.15, 0.2) is 0 Å². The normalized spacial score (nSPS) is 33.7. The third kappa shape index (κ3) is 3.23. The van der Waals surface area contributed by atoms with Crippen LogP contribution >= 0.6 is 0 Å². The Morgan fingerprint density at radius 1 is 1.39 bits per heavy atom. The van der Waals surface area contributed by atoms with E-state index in [0.29, 0.717) is 12.5 Å². The van der Waals surface area contributed by atoms with Crippen molar-refractivity contribution in [1.29, 1.82) is 0 Å². The molecule has 0 spiro atoms. The summed E-state index contributed by atoms with van der Waals surface area (Å²) in [5.41, 5.74) is 5.62. The highest BCUT2D eigenvalue weighted by Crippen LogP contribution is 2.32. The van der Waals surface area contributed by atoms with E-state index in [4.69, 9.17) is 19.9 Å². The van der Waals surface area contributed by atoms with Gasteiger partial charge in [-0.15, -0.1) is 0 Å². The van der Waals surface area contributed by atoms with Gasteiger partial charge in [-0.05, 0) is 39.2 Å². The lowest BCUT2D eigenvalue weighted by Crippen LogP contribution is -2.40. The van der Waals surface area contributed by atoms with Gasteiger partial charge in [0.05, 0.1) is 18.3 Å². The van der Waals surface area contributed by atoms with E-state index in [2.05, 4.69) is 20.8 Å². The van der Waals surface area contributed by atoms with E-state index in [9.17, 15) is 0 Å². The molecule has 4 nitrogen and oxygen atoms in total. The van der Waals surface area contributed by atoms with Crippen molar-refractivity contribution in [1.82, 2.24) is 0 Å². The van der Waals surface area contributed by atoms with Gasteiger partial charge < -0.3 is 19.9 Å². The maximum Gasteiger partial charge on any atom is 0.112 e. The van der Waals surface area contributed by atoms with Crippen LogP contribution in [0.15, 0.2) is 0 Å². The second-order valence-electron chi connectivity index (χ2n) is 6.13. The summed E-state index contributed by atoms with van der Waals surface area (Å²) in [5.74, 6) is 0.530. The smallest absolute Gasteiger partial charge is 0.112 e. The van der Waals surface area contributed by atoms with Gasteiger partial charge in [-0.25, -0.2) is 0 Å². The monoisotopic (exact) mass is 257 g/mol. The van der Waals surface area contributed by atoms with Crippen LogP contribution in [0.1, 0.15) is 40.0 Å². The van der Waals surface area contributed by atoms with Gasteiger partial charge in [0.1, 0.15) is 12.2 Å². The van der Waals surface area contributed by atoms with Gasteiger partial charge in [0.2, 0.25) is 0 Å². The van der Waals surface area contributed by atoms with Gasteiger partial charge in [-0.2, -0.15) is 0 Å². The Labute approximate surface area is 110 Å². The zero-order valence-electron chi connectivity index (χ0n) is 11.9. The predicted molar refractivity (Wildman–Crippen MR) is 70.5 cm³/mol. The van der Waals surface area contributed by atoms with E-state index >= 15 is 0 Å². The average Bonchev–Trinajstić information content (AvgIpc) is 2.91. The summed E-state index contributed by atoms with van der Waals surface area (Å²) in [4.78, 5) is 0. The molecule has 2 saturated heterocycles. The first-order valence-electron chi connectivity index (χ1n) is 7.17. The Kier molecular flexibility index (Phi) is 4.64. The number of nitrogens with two attached hydrogens (primary N) is 1. The highest BCUT2D eigenvalue weighted by atomic mass is 16.6. The van der Waals surface area contributed by atoms with Gasteiger partial charge in [-0.1, -0.05) is 13.3 Å². The molecule has 0 bridgehead atoms. The van der Waals surface area contributed by atoms with Crippen LogP contribution in [0.4, 0.5) is 0 Å². The molecule has 2 aliphatic heterocycles. The van der Waals surface area contributed by atoms with Crippen molar-refractivity contribution in [2.45, 2.75) is 63.9 Å². The highest BCUT2D eigenvalue weighted by molar-refractivity contribution is 4.91. The Morgan fingerprint density at radius 2 is 2.17 bits per heavy atom. The summed E-state index contributed by atoms with van der Waals surface area (Å²) in [7, 11) is 0. The van der Waals surface area contributed by atoms with Crippen LogP contribution in [0.2, 0.25) is 0 Å². The first kappa shape index (κ1) is 14.3. The first-order chi connectivity index (χ1) is 8.55. The standard InChI is InChI=1S/C14H27NO3/c1-4-10(8-15)7-14(2,3)18-12-9-17-11-5-6-16-13(11)12/h10-13H,4-9,15H2,1-3H3/t10?,11-,12-,13+/m1/s1. The van der Waals surface area contributed by atoms with Gasteiger partial charge >= 0.3 is 0 Å². The fourth-order valence-corrected chi connectivity index (χ4v) is 3.08. The number of ether oxygens (including phenoxy) is 3. The Bertz CT molecular complexity index is 266. The van der Waals surface area contributed by atoms with Crippen molar-refractivity contribution < 1.29 is 14.2 Å². The molecule has 0 aromatic rings. The van der Waals surface area contributed by atoms with E-state index in [1.807, 2.05) is 0 Å². The molecule has 2 heterocycles. The Hall–Kier alpha value is -0.160. The van der Waals surface area contributed by atoms with Crippen LogP contribution in [0.3, 0.4) is 0 Å². The summed E-state index contributed by atoms with van der Waals surface area (Å²) >= 11 is 0. The molecule has 2 aliphatic rings. The summed E-state index contributed by atoms with van der Waals surface area (Å²) in [6, 6.07) is 0. The van der Waals surface area contributed by atoms with Crippen LogP contribution in [0.5, 0.6) is 0 Å². The molecule has 106 valence electrons. The number of hydrogen-bond donors (Lipinski definition) is 1. The minimum absolute atomic E-state index is 0.0859. The molecular weight excluding hydrogens is 230 g/mol. The van der Waals surface area contributed by atoms with Crippen molar-refractivity contribution in [3.05, 3.63) is 0 Å². The highest BCUT2D eigenvalue weighted by Gasteiger charge is 2.44. The summed E-state index contributed by atoms with van der Waals surface area (Å²) < 4.78 is 17.7. The van der Waals surface area contributed by atoms with Crippen molar-refractivity contribution in [2.24, 2.45) is 11.7 Å². The van der Waals surface area contributed by atoms with Crippen molar-refractivity contribution in [2.75, 3.05) is 19.8 Å². The molecule has 0 saturated carbocycles. The third-order valence-corrected chi connectivity index (χ3v) is 4.08. The molecule has 2 fully saturated rings. The van der Waals surface area contributed by atoms with Crippen LogP contribution in [0.25, 0.3) is 0 Å². The van der Waals surface area contributed by atoms with E-state index in [1.165, 1.54) is 0 Å². The molecule has 2 rings (SSSR count). The zero-order valence-corrected chi connectivity index (χ0v) is 11.9. The van der Waals surface area contributed by atoms with E-state index in [-0.39, 0.29) is 23.9 Å². The second kappa shape index (κ2) is 5.87. The molecule has 1 unspecified atom stereocenters. The Morgan fingerprint density at radius 3 is 2.83 bits per heavy atom. The summed E-state index contributed by atoms with van der Waals surface area (Å²) in [6.07, 6.45) is 3.58. The fraction of sp³-hybridized carbons (Fsp3) is 1.00. The summed E-state index contributed by atoms with van der Waals surface area (Å²) in [6.45, 7) is 8.67. The quantitative estimate of drug-likeness (QED) is 0.787. The molecule has 0 aromatic carbocycles. The van der Waals surface area contributed by atoms with E-state index in [0.717, 1.165) is 32.4 Å². The molecule has 0 aliphatic carbocycles. The zero-order chi connectivity index (χ0) is 13.2. The lowest BCUT2D eigenvalue weighted by molar-refractivity contribution is -0.119. The lowest BCUT2D eigenvalue weighted by Gasteiger charge is -2.33. The molecule has 4 atom stereocenters. The molecule has 4 heteroatoms. The summed E-state index contributed by atoms with van der Waals surface area (Å²) in [5, 5.41) is 0. The van der Waals surface area contributed by atoms with Crippen LogP contribution < -0.4 is 5.73 Å². The topological polar surface area (TPSA) is 53.7 Å². The lowest BCUT2D eigenvalue weighted by atomic mass is 9.91. The number of fused-ring (bicyclic) bond motifs is 1. The molecule has 0 amide bonds. The van der Waals surface area contributed by atoms with Crippen molar-refractivity contribution in [3.8, 4) is 0 Å². The van der Waals surface area contributed by atoms with Gasteiger partial charge in [0.25, 0.3) is 0 Å². The minimum Gasteiger partial charge on any atom is -0.373 e. The largest absolute Gasteiger partial charge is 0.373 e. The Balaban J connectivity index is 1.87. The van der Waals surface area contributed by atoms with Crippen LogP contribution in [-0.4, -0.2) is 43.7 Å². The van der Waals surface area contributed by atoms with Gasteiger partial charge in [-0.3, -0.25) is 0 Å². The maximum absolute atomic E-state index is 6.24. The number of rotatable bonds is 6. The minimum atomic E-state index is -0.158. The van der Waals surface area contributed by atoms with E-state index < -0.39 is 0 Å². The van der Waals surface area contributed by atoms with Crippen LogP contribution in [-0.2, 0) is 14.2 Å². The average molecular weight is 257 g/mol. The maximum atomic E-state index is 6.24. The molecule has 18 heavy (non-hydrogen) atoms. The van der Waals surface area contributed by atoms with Crippen LogP contribution in [0, 0.1) is 5.92 Å². The molecule has 2 N–H and O–H groups in total. The third-order valence-electron chi connectivity index (χ3n) is 4.08. The second-order valence-corrected chi connectivity index (χ2v) is 6.13. The molecular formula is C14H27NO3. The molecule has 0 aromatic heterocycles. The first-order valence-corrected chi connectivity index (χ1v) is 7.17. The van der Waals surface area contributed by atoms with Gasteiger partial charge in [0, 0.05) is 6.61 Å². The predicted octanol–water partition coefficient (Wildman–Crippen LogP) is 1.71. The van der Waals surface area contributed by atoms with Crippen molar-refractivity contribution >= 4 is 0 Å². The fourth-order valence-electron chi connectivity index (χ4n) is 3.08. The SMILES string of the molecule is CCC(CN)CC(C)(C)O[C@@H]1CO[C@@H]2CCO[C@@H]21.